The van der Waals surface area contributed by atoms with Crippen molar-refractivity contribution in [2.45, 2.75) is 12.5 Å². The van der Waals surface area contributed by atoms with E-state index in [0.29, 0.717) is 6.61 Å². The van der Waals surface area contributed by atoms with E-state index in [1.807, 2.05) is 17.0 Å². The smallest absolute Gasteiger partial charge is 0.248 e. The van der Waals surface area contributed by atoms with E-state index in [0.717, 1.165) is 57.3 Å². The second kappa shape index (κ2) is 10.4. The highest BCUT2D eigenvalue weighted by atomic mass is 35.5. The van der Waals surface area contributed by atoms with Crippen LogP contribution in [0.4, 0.5) is 0 Å². The molecule has 0 bridgehead atoms. The van der Waals surface area contributed by atoms with Gasteiger partial charge in [0.1, 0.15) is 6.61 Å². The van der Waals surface area contributed by atoms with Crippen LogP contribution in [-0.4, -0.2) is 79.6 Å². The lowest BCUT2D eigenvalue weighted by Crippen LogP contribution is -2.48. The van der Waals surface area contributed by atoms with Gasteiger partial charge in [-0.3, -0.25) is 14.6 Å². The van der Waals surface area contributed by atoms with Crippen LogP contribution in [0.2, 0.25) is 5.02 Å². The Kier molecular flexibility index (Phi) is 7.39. The minimum atomic E-state index is 0.125. The van der Waals surface area contributed by atoms with Crippen LogP contribution in [0.3, 0.4) is 0 Å². The van der Waals surface area contributed by atoms with Crippen molar-refractivity contribution in [3.63, 3.8) is 0 Å². The number of likely N-dealkylation sites (tertiary alicyclic amines) is 1. The summed E-state index contributed by atoms with van der Waals surface area (Å²) in [5, 5.41) is 0.767. The van der Waals surface area contributed by atoms with E-state index < -0.39 is 0 Å². The molecule has 0 spiro atoms. The zero-order valence-corrected chi connectivity index (χ0v) is 18.1. The number of piperazine rings is 1. The fourth-order valence-corrected chi connectivity index (χ4v) is 4.28. The first-order valence-corrected chi connectivity index (χ1v) is 11.2. The maximum atomic E-state index is 11.9. The van der Waals surface area contributed by atoms with Gasteiger partial charge in [-0.15, -0.1) is 0 Å². The van der Waals surface area contributed by atoms with Gasteiger partial charge < -0.3 is 9.64 Å². The van der Waals surface area contributed by atoms with Crippen LogP contribution >= 0.6 is 11.6 Å². The summed E-state index contributed by atoms with van der Waals surface area (Å²) < 4.78 is 5.62. The number of hydrogen-bond donors (Lipinski definition) is 0. The second-order valence-corrected chi connectivity index (χ2v) is 8.47. The molecular weight excluding hydrogens is 398 g/mol. The molecule has 30 heavy (non-hydrogen) atoms. The Balaban J connectivity index is 1.29. The molecule has 2 aromatic rings. The number of halogens is 1. The van der Waals surface area contributed by atoms with Crippen LogP contribution < -0.4 is 0 Å². The summed E-state index contributed by atoms with van der Waals surface area (Å²) in [6, 6.07) is 19.1. The van der Waals surface area contributed by atoms with E-state index >= 15 is 0 Å². The quantitative estimate of drug-likeness (QED) is 0.606. The Hall–Kier alpha value is -1.92. The molecule has 2 aliphatic heterocycles. The maximum absolute atomic E-state index is 11.9. The van der Waals surface area contributed by atoms with Gasteiger partial charge in [0.2, 0.25) is 5.91 Å². The van der Waals surface area contributed by atoms with E-state index in [1.54, 1.807) is 0 Å². The first-order chi connectivity index (χ1) is 14.7. The Bertz CT molecular complexity index is 803. The highest BCUT2D eigenvalue weighted by Crippen LogP contribution is 2.30. The van der Waals surface area contributed by atoms with E-state index in [-0.39, 0.29) is 18.6 Å². The number of benzene rings is 2. The van der Waals surface area contributed by atoms with Crippen molar-refractivity contribution in [3.05, 3.63) is 70.7 Å². The van der Waals surface area contributed by atoms with Gasteiger partial charge in [0.05, 0.1) is 12.6 Å². The summed E-state index contributed by atoms with van der Waals surface area (Å²) in [7, 11) is 0. The van der Waals surface area contributed by atoms with E-state index in [1.165, 1.54) is 11.1 Å². The molecule has 0 saturated carbocycles. The van der Waals surface area contributed by atoms with Crippen molar-refractivity contribution in [2.24, 2.45) is 0 Å². The lowest BCUT2D eigenvalue weighted by atomic mass is 9.96. The normalized spacial score (nSPS) is 18.8. The lowest BCUT2D eigenvalue weighted by molar-refractivity contribution is -0.139. The molecule has 2 aliphatic rings. The van der Waals surface area contributed by atoms with Crippen LogP contribution in [0.15, 0.2) is 54.6 Å². The number of amides is 1. The predicted molar refractivity (Wildman–Crippen MR) is 120 cm³/mol. The lowest BCUT2D eigenvalue weighted by Gasteiger charge is -2.39. The molecule has 2 fully saturated rings. The standard InChI is InChI=1S/C24H30ClN3O2/c25-22-9-7-21(8-10-22)24(20-5-2-1-3-6-20)28-15-13-26(14-16-28)17-18-30-19-23(29)27-11-4-12-27/h1-3,5-10,24H,4,11-19H2. The van der Waals surface area contributed by atoms with E-state index in [9.17, 15) is 4.79 Å². The summed E-state index contributed by atoms with van der Waals surface area (Å²) in [6.45, 7) is 7.47. The largest absolute Gasteiger partial charge is 0.370 e. The predicted octanol–water partition coefficient (Wildman–Crippen LogP) is 3.30. The van der Waals surface area contributed by atoms with Crippen LogP contribution in [0.5, 0.6) is 0 Å². The zero-order valence-electron chi connectivity index (χ0n) is 17.4. The van der Waals surface area contributed by atoms with Gasteiger partial charge in [-0.25, -0.2) is 0 Å². The summed E-state index contributed by atoms with van der Waals surface area (Å²) >= 11 is 6.12. The fraction of sp³-hybridized carbons (Fsp3) is 0.458. The summed E-state index contributed by atoms with van der Waals surface area (Å²) in [4.78, 5) is 18.7. The molecule has 0 aromatic heterocycles. The average molecular weight is 428 g/mol. The minimum absolute atomic E-state index is 0.125. The van der Waals surface area contributed by atoms with Crippen molar-refractivity contribution in [1.82, 2.24) is 14.7 Å². The summed E-state index contributed by atoms with van der Waals surface area (Å²) in [5.41, 5.74) is 2.58. The first kappa shape index (κ1) is 21.3. The first-order valence-electron chi connectivity index (χ1n) is 10.8. The van der Waals surface area contributed by atoms with E-state index in [4.69, 9.17) is 16.3 Å². The fourth-order valence-electron chi connectivity index (χ4n) is 4.15. The van der Waals surface area contributed by atoms with Crippen LogP contribution in [0, 0.1) is 0 Å². The molecule has 0 aliphatic carbocycles. The van der Waals surface area contributed by atoms with Crippen LogP contribution in [0.1, 0.15) is 23.6 Å². The summed E-state index contributed by atoms with van der Waals surface area (Å²) in [6.07, 6.45) is 1.12. The molecule has 1 amide bonds. The number of nitrogens with zero attached hydrogens (tertiary/aromatic N) is 3. The van der Waals surface area contributed by atoms with Gasteiger partial charge in [0.15, 0.2) is 0 Å². The Morgan fingerprint density at radius 1 is 0.900 bits per heavy atom. The van der Waals surface area contributed by atoms with Crippen LogP contribution in [0.25, 0.3) is 0 Å². The average Bonchev–Trinajstić information content (AvgIpc) is 2.73. The molecule has 5 nitrogen and oxygen atoms in total. The Morgan fingerprint density at radius 2 is 1.57 bits per heavy atom. The van der Waals surface area contributed by atoms with Crippen molar-refractivity contribution >= 4 is 17.5 Å². The molecule has 4 rings (SSSR count). The number of ether oxygens (including phenoxy) is 1. The molecule has 2 saturated heterocycles. The van der Waals surface area contributed by atoms with E-state index in [2.05, 4.69) is 52.3 Å². The minimum Gasteiger partial charge on any atom is -0.370 e. The third-order valence-corrected chi connectivity index (χ3v) is 6.31. The van der Waals surface area contributed by atoms with Crippen molar-refractivity contribution < 1.29 is 9.53 Å². The highest BCUT2D eigenvalue weighted by Gasteiger charge is 2.26. The third kappa shape index (κ3) is 5.41. The Labute approximate surface area is 184 Å². The topological polar surface area (TPSA) is 36.0 Å². The molecule has 2 aromatic carbocycles. The molecule has 2 heterocycles. The Morgan fingerprint density at radius 3 is 2.20 bits per heavy atom. The van der Waals surface area contributed by atoms with Gasteiger partial charge in [-0.2, -0.15) is 0 Å². The zero-order chi connectivity index (χ0) is 20.8. The van der Waals surface area contributed by atoms with Crippen molar-refractivity contribution in [3.8, 4) is 0 Å². The van der Waals surface area contributed by atoms with Gasteiger partial charge in [0, 0.05) is 50.8 Å². The third-order valence-electron chi connectivity index (χ3n) is 6.06. The summed E-state index contributed by atoms with van der Waals surface area (Å²) in [5.74, 6) is 0.125. The SMILES string of the molecule is O=C(COCCN1CCN(C(c2ccccc2)c2ccc(Cl)cc2)CC1)N1CCC1. The molecule has 0 N–H and O–H groups in total. The second-order valence-electron chi connectivity index (χ2n) is 8.03. The molecular formula is C24H30ClN3O2. The van der Waals surface area contributed by atoms with Crippen molar-refractivity contribution in [2.75, 3.05) is 59.0 Å². The number of hydrogen-bond acceptors (Lipinski definition) is 4. The number of rotatable bonds is 8. The van der Waals surface area contributed by atoms with Gasteiger partial charge in [0.25, 0.3) is 0 Å². The molecule has 0 radical (unpaired) electrons. The molecule has 160 valence electrons. The molecule has 1 unspecified atom stereocenters. The van der Waals surface area contributed by atoms with Crippen LogP contribution in [-0.2, 0) is 9.53 Å². The van der Waals surface area contributed by atoms with Gasteiger partial charge in [-0.1, -0.05) is 54.1 Å². The maximum Gasteiger partial charge on any atom is 0.248 e. The highest BCUT2D eigenvalue weighted by molar-refractivity contribution is 6.30. The monoisotopic (exact) mass is 427 g/mol. The molecule has 1 atom stereocenters. The molecule has 6 heteroatoms. The van der Waals surface area contributed by atoms with Gasteiger partial charge >= 0.3 is 0 Å². The number of carbonyl (C=O) groups is 1. The van der Waals surface area contributed by atoms with Gasteiger partial charge in [-0.05, 0) is 29.7 Å². The number of carbonyl (C=O) groups excluding carboxylic acids is 1. The van der Waals surface area contributed by atoms with Crippen molar-refractivity contribution in [1.29, 1.82) is 0 Å².